The Balaban J connectivity index is 2.43. The predicted octanol–water partition coefficient (Wildman–Crippen LogP) is 3.93. The Hall–Kier alpha value is -1.61. The Morgan fingerprint density at radius 2 is 1.94 bits per heavy atom. The third-order valence-electron chi connectivity index (χ3n) is 2.65. The molecule has 0 spiro atoms. The van der Waals surface area contributed by atoms with E-state index in [1.54, 1.807) is 0 Å². The summed E-state index contributed by atoms with van der Waals surface area (Å²) in [4.78, 5) is 10.9. The van der Waals surface area contributed by atoms with Gasteiger partial charge in [-0.3, -0.25) is 4.79 Å². The van der Waals surface area contributed by atoms with Crippen molar-refractivity contribution in [1.29, 1.82) is 0 Å². The number of rotatable bonds is 3. The van der Waals surface area contributed by atoms with E-state index in [-0.39, 0.29) is 5.22 Å². The van der Waals surface area contributed by atoms with Gasteiger partial charge in [0.1, 0.15) is 11.3 Å². The molecule has 1 aromatic carbocycles. The molecular formula is C13H12ClNO2. The number of aromatic nitrogens is 1. The normalized spacial score (nSPS) is 10.8. The second-order valence-electron chi connectivity index (χ2n) is 4.11. The average molecular weight is 250 g/mol. The minimum absolute atomic E-state index is 0.0305. The summed E-state index contributed by atoms with van der Waals surface area (Å²) in [5.41, 5.74) is 2.84. The van der Waals surface area contributed by atoms with Gasteiger partial charge in [-0.15, -0.1) is 0 Å². The van der Waals surface area contributed by atoms with E-state index in [1.165, 1.54) is 5.56 Å². The molecule has 0 unspecified atom stereocenters. The number of benzene rings is 1. The van der Waals surface area contributed by atoms with Crippen LogP contribution in [0.15, 0.2) is 28.8 Å². The highest BCUT2D eigenvalue weighted by Gasteiger charge is 2.15. The van der Waals surface area contributed by atoms with E-state index < -0.39 is 0 Å². The Bertz CT molecular complexity index is 529. The number of hydrogen-bond acceptors (Lipinski definition) is 3. The molecule has 0 aliphatic carbocycles. The molecule has 0 aliphatic rings. The molecule has 0 bridgehead atoms. The molecule has 17 heavy (non-hydrogen) atoms. The second kappa shape index (κ2) is 4.72. The number of nitrogens with zero attached hydrogens (tertiary/aromatic N) is 1. The highest BCUT2D eigenvalue weighted by Crippen LogP contribution is 2.28. The van der Waals surface area contributed by atoms with E-state index in [4.69, 9.17) is 16.1 Å². The Morgan fingerprint density at radius 3 is 2.47 bits per heavy atom. The van der Waals surface area contributed by atoms with Crippen LogP contribution in [0.2, 0.25) is 5.22 Å². The Morgan fingerprint density at radius 1 is 1.29 bits per heavy atom. The summed E-state index contributed by atoms with van der Waals surface area (Å²) in [6.45, 7) is 4.25. The van der Waals surface area contributed by atoms with Crippen molar-refractivity contribution < 1.29 is 9.32 Å². The highest BCUT2D eigenvalue weighted by atomic mass is 35.5. The topological polar surface area (TPSA) is 43.1 Å². The van der Waals surface area contributed by atoms with Gasteiger partial charge in [0.2, 0.25) is 5.22 Å². The van der Waals surface area contributed by atoms with Gasteiger partial charge in [0, 0.05) is 5.56 Å². The van der Waals surface area contributed by atoms with Crippen LogP contribution < -0.4 is 0 Å². The molecule has 2 rings (SSSR count). The van der Waals surface area contributed by atoms with Crippen LogP contribution in [-0.2, 0) is 0 Å². The van der Waals surface area contributed by atoms with Crippen molar-refractivity contribution in [3.8, 4) is 11.3 Å². The van der Waals surface area contributed by atoms with E-state index in [0.717, 1.165) is 5.56 Å². The van der Waals surface area contributed by atoms with Crippen LogP contribution in [0.25, 0.3) is 11.3 Å². The van der Waals surface area contributed by atoms with Crippen LogP contribution in [0.1, 0.15) is 35.7 Å². The maximum absolute atomic E-state index is 10.9. The summed E-state index contributed by atoms with van der Waals surface area (Å²) in [7, 11) is 0. The summed E-state index contributed by atoms with van der Waals surface area (Å²) in [6, 6.07) is 7.85. The molecule has 4 heteroatoms. The smallest absolute Gasteiger partial charge is 0.237 e. The minimum atomic E-state index is 0.0305. The van der Waals surface area contributed by atoms with Crippen molar-refractivity contribution >= 4 is 17.9 Å². The third-order valence-corrected chi connectivity index (χ3v) is 2.93. The molecule has 0 radical (unpaired) electrons. The van der Waals surface area contributed by atoms with E-state index in [2.05, 4.69) is 19.0 Å². The lowest BCUT2D eigenvalue weighted by atomic mass is 10.00. The number of halogens is 1. The fourth-order valence-corrected chi connectivity index (χ4v) is 1.78. The molecule has 0 aliphatic heterocycles. The molecule has 88 valence electrons. The lowest BCUT2D eigenvalue weighted by Gasteiger charge is -2.05. The van der Waals surface area contributed by atoms with Gasteiger partial charge in [0.15, 0.2) is 6.29 Å². The Kier molecular flexibility index (Phi) is 3.29. The van der Waals surface area contributed by atoms with Gasteiger partial charge in [-0.1, -0.05) is 43.3 Å². The van der Waals surface area contributed by atoms with Gasteiger partial charge in [-0.25, -0.2) is 0 Å². The molecule has 0 fully saturated rings. The first-order chi connectivity index (χ1) is 8.13. The van der Waals surface area contributed by atoms with Crippen LogP contribution in [0, 0.1) is 0 Å². The zero-order chi connectivity index (χ0) is 12.4. The summed E-state index contributed by atoms with van der Waals surface area (Å²) in [5, 5.41) is 3.82. The van der Waals surface area contributed by atoms with Crippen LogP contribution in [-0.4, -0.2) is 11.4 Å². The lowest BCUT2D eigenvalue weighted by molar-refractivity contribution is 0.112. The fourth-order valence-electron chi connectivity index (χ4n) is 1.61. The van der Waals surface area contributed by atoms with Crippen molar-refractivity contribution in [2.75, 3.05) is 0 Å². The number of carbonyl (C=O) groups excluding carboxylic acids is 1. The molecule has 0 saturated carbocycles. The SMILES string of the molecule is CC(C)c1ccc(-c2noc(Cl)c2C=O)cc1. The zero-order valence-electron chi connectivity index (χ0n) is 9.61. The molecule has 1 aromatic heterocycles. The second-order valence-corrected chi connectivity index (χ2v) is 4.46. The quantitative estimate of drug-likeness (QED) is 0.774. The predicted molar refractivity (Wildman–Crippen MR) is 66.4 cm³/mol. The van der Waals surface area contributed by atoms with E-state index >= 15 is 0 Å². The molecule has 0 saturated heterocycles. The van der Waals surface area contributed by atoms with Crippen molar-refractivity contribution in [2.45, 2.75) is 19.8 Å². The van der Waals surface area contributed by atoms with Crippen molar-refractivity contribution in [2.24, 2.45) is 0 Å². The average Bonchev–Trinajstić information content (AvgIpc) is 2.70. The summed E-state index contributed by atoms with van der Waals surface area (Å²) >= 11 is 5.72. The molecule has 1 heterocycles. The van der Waals surface area contributed by atoms with Gasteiger partial charge < -0.3 is 4.52 Å². The van der Waals surface area contributed by atoms with E-state index in [0.29, 0.717) is 23.5 Å². The lowest BCUT2D eigenvalue weighted by Crippen LogP contribution is -1.88. The molecule has 3 nitrogen and oxygen atoms in total. The van der Waals surface area contributed by atoms with Crippen molar-refractivity contribution in [3.63, 3.8) is 0 Å². The maximum Gasteiger partial charge on any atom is 0.237 e. The minimum Gasteiger partial charge on any atom is -0.343 e. The number of hydrogen-bond donors (Lipinski definition) is 0. The summed E-state index contributed by atoms with van der Waals surface area (Å²) in [5.74, 6) is 0.468. The molecule has 0 N–H and O–H groups in total. The molecular weight excluding hydrogens is 238 g/mol. The third kappa shape index (κ3) is 2.24. The first-order valence-corrected chi connectivity index (χ1v) is 5.72. The van der Waals surface area contributed by atoms with Gasteiger partial charge in [-0.2, -0.15) is 0 Å². The molecule has 2 aromatic rings. The van der Waals surface area contributed by atoms with E-state index in [9.17, 15) is 4.79 Å². The van der Waals surface area contributed by atoms with Crippen LogP contribution in [0.4, 0.5) is 0 Å². The monoisotopic (exact) mass is 249 g/mol. The number of aldehydes is 1. The van der Waals surface area contributed by atoms with Gasteiger partial charge >= 0.3 is 0 Å². The molecule has 0 atom stereocenters. The summed E-state index contributed by atoms with van der Waals surface area (Å²) in [6.07, 6.45) is 0.657. The number of carbonyl (C=O) groups is 1. The van der Waals surface area contributed by atoms with Gasteiger partial charge in [-0.05, 0) is 23.1 Å². The summed E-state index contributed by atoms with van der Waals surface area (Å²) < 4.78 is 4.80. The van der Waals surface area contributed by atoms with E-state index in [1.807, 2.05) is 24.3 Å². The first-order valence-electron chi connectivity index (χ1n) is 5.34. The van der Waals surface area contributed by atoms with Crippen LogP contribution in [0.3, 0.4) is 0 Å². The standard InChI is InChI=1S/C13H12ClNO2/c1-8(2)9-3-5-10(6-4-9)12-11(7-16)13(14)17-15-12/h3-8H,1-2H3. The van der Waals surface area contributed by atoms with Crippen molar-refractivity contribution in [1.82, 2.24) is 5.16 Å². The van der Waals surface area contributed by atoms with Crippen molar-refractivity contribution in [3.05, 3.63) is 40.6 Å². The van der Waals surface area contributed by atoms with Gasteiger partial charge in [0.25, 0.3) is 0 Å². The van der Waals surface area contributed by atoms with Crippen LogP contribution >= 0.6 is 11.6 Å². The zero-order valence-corrected chi connectivity index (χ0v) is 10.4. The fraction of sp³-hybridized carbons (Fsp3) is 0.231. The first kappa shape index (κ1) is 11.9. The maximum atomic E-state index is 10.9. The van der Waals surface area contributed by atoms with Crippen LogP contribution in [0.5, 0.6) is 0 Å². The Labute approximate surface area is 104 Å². The highest BCUT2D eigenvalue weighted by molar-refractivity contribution is 6.31. The largest absolute Gasteiger partial charge is 0.343 e. The van der Waals surface area contributed by atoms with Gasteiger partial charge in [0.05, 0.1) is 0 Å². The molecule has 0 amide bonds.